The summed E-state index contributed by atoms with van der Waals surface area (Å²) >= 11 is 3.18. The molecule has 0 amide bonds. The maximum Gasteiger partial charge on any atom is 0.233 e. The normalized spacial score (nSPS) is 17.1. The minimum absolute atomic E-state index is 0.304. The topological polar surface area (TPSA) is 59.4 Å². The zero-order valence-corrected chi connectivity index (χ0v) is 11.0. The van der Waals surface area contributed by atoms with Crippen molar-refractivity contribution < 1.29 is 14.2 Å². The van der Waals surface area contributed by atoms with Crippen molar-refractivity contribution in [3.05, 3.63) is 28.5 Å². The Labute approximate surface area is 97.3 Å². The van der Waals surface area contributed by atoms with Gasteiger partial charge in [0.25, 0.3) is 0 Å². The minimum Gasteiger partial charge on any atom is -0.377 e. The molecule has 0 aliphatic heterocycles. The lowest BCUT2D eigenvalue weighted by Gasteiger charge is -2.18. The number of rotatable bonds is 4. The van der Waals surface area contributed by atoms with Crippen LogP contribution in [-0.2, 0) is 9.09 Å². The number of halogens is 1. The Morgan fingerprint density at radius 1 is 1.67 bits per heavy atom. The van der Waals surface area contributed by atoms with Crippen molar-refractivity contribution in [3.8, 4) is 0 Å². The summed E-state index contributed by atoms with van der Waals surface area (Å²) in [6, 6.07) is 5.07. The van der Waals surface area contributed by atoms with E-state index in [-0.39, 0.29) is 0 Å². The van der Waals surface area contributed by atoms with Crippen LogP contribution in [0.2, 0.25) is 0 Å². The molecule has 1 heterocycles. The summed E-state index contributed by atoms with van der Waals surface area (Å²) in [4.78, 5) is 4.04. The van der Waals surface area contributed by atoms with Crippen LogP contribution >= 0.6 is 23.3 Å². The lowest BCUT2D eigenvalue weighted by atomic mass is 10.4. The average molecular weight is 294 g/mol. The summed E-state index contributed by atoms with van der Waals surface area (Å²) in [5.74, 6) is -1.17. The molecule has 0 bridgehead atoms. The van der Waals surface area contributed by atoms with Crippen LogP contribution in [0, 0.1) is 0 Å². The molecule has 84 valence electrons. The van der Waals surface area contributed by atoms with Gasteiger partial charge in [0.2, 0.25) is 7.37 Å². The SMILES string of the molecule is CCOP(C)(=O)C(O)c1cccc(Br)n1. The lowest BCUT2D eigenvalue weighted by molar-refractivity contribution is 0.212. The van der Waals surface area contributed by atoms with Gasteiger partial charge in [-0.15, -0.1) is 0 Å². The highest BCUT2D eigenvalue weighted by Crippen LogP contribution is 2.54. The molecular weight excluding hydrogens is 281 g/mol. The van der Waals surface area contributed by atoms with E-state index in [1.807, 2.05) is 0 Å². The zero-order valence-electron chi connectivity index (χ0n) is 8.55. The Morgan fingerprint density at radius 2 is 2.33 bits per heavy atom. The highest BCUT2D eigenvalue weighted by atomic mass is 79.9. The predicted octanol–water partition coefficient (Wildman–Crippen LogP) is 2.78. The second-order valence-electron chi connectivity index (χ2n) is 3.09. The first-order valence-corrected chi connectivity index (χ1v) is 7.43. The van der Waals surface area contributed by atoms with Gasteiger partial charge in [-0.25, -0.2) is 4.98 Å². The smallest absolute Gasteiger partial charge is 0.233 e. The first kappa shape index (κ1) is 12.8. The first-order chi connectivity index (χ1) is 6.97. The van der Waals surface area contributed by atoms with Crippen molar-refractivity contribution in [2.24, 2.45) is 0 Å². The molecule has 15 heavy (non-hydrogen) atoms. The van der Waals surface area contributed by atoms with Crippen molar-refractivity contribution in [2.45, 2.75) is 12.8 Å². The van der Waals surface area contributed by atoms with Crippen LogP contribution < -0.4 is 0 Å². The molecule has 0 aliphatic rings. The van der Waals surface area contributed by atoms with E-state index in [9.17, 15) is 9.67 Å². The van der Waals surface area contributed by atoms with E-state index in [0.717, 1.165) is 0 Å². The van der Waals surface area contributed by atoms with Crippen molar-refractivity contribution in [1.29, 1.82) is 0 Å². The fourth-order valence-electron chi connectivity index (χ4n) is 1.13. The summed E-state index contributed by atoms with van der Waals surface area (Å²) < 4.78 is 17.5. The highest BCUT2D eigenvalue weighted by Gasteiger charge is 2.29. The molecule has 0 saturated carbocycles. The molecule has 0 saturated heterocycles. The van der Waals surface area contributed by atoms with Crippen LogP contribution in [0.5, 0.6) is 0 Å². The van der Waals surface area contributed by atoms with Gasteiger partial charge in [0, 0.05) is 6.66 Å². The molecule has 0 spiro atoms. The summed E-state index contributed by atoms with van der Waals surface area (Å²) in [7, 11) is -3.05. The number of aliphatic hydroxyl groups is 1. The average Bonchev–Trinajstić information content (AvgIpc) is 2.16. The van der Waals surface area contributed by atoms with Crippen LogP contribution in [0.25, 0.3) is 0 Å². The van der Waals surface area contributed by atoms with Crippen LogP contribution in [0.15, 0.2) is 22.8 Å². The van der Waals surface area contributed by atoms with Gasteiger partial charge >= 0.3 is 0 Å². The van der Waals surface area contributed by atoms with Gasteiger partial charge in [-0.2, -0.15) is 0 Å². The van der Waals surface area contributed by atoms with Gasteiger partial charge in [0.1, 0.15) is 4.60 Å². The number of hydrogen-bond donors (Lipinski definition) is 1. The summed E-state index contributed by atoms with van der Waals surface area (Å²) in [5.41, 5.74) is 0.351. The Kier molecular flexibility index (Phi) is 4.46. The zero-order chi connectivity index (χ0) is 11.5. The van der Waals surface area contributed by atoms with Gasteiger partial charge in [0.05, 0.1) is 12.3 Å². The van der Waals surface area contributed by atoms with E-state index in [0.29, 0.717) is 16.9 Å². The van der Waals surface area contributed by atoms with E-state index in [1.54, 1.807) is 25.1 Å². The van der Waals surface area contributed by atoms with E-state index in [2.05, 4.69) is 20.9 Å². The standard InChI is InChI=1S/C9H13BrNO3P/c1-3-14-15(2,13)9(12)7-5-4-6-8(10)11-7/h4-6,9,12H,3H2,1-2H3. The lowest BCUT2D eigenvalue weighted by Crippen LogP contribution is -2.03. The van der Waals surface area contributed by atoms with Gasteiger partial charge in [-0.3, -0.25) is 4.57 Å². The Bertz CT molecular complexity index is 385. The molecule has 4 nitrogen and oxygen atoms in total. The monoisotopic (exact) mass is 293 g/mol. The number of hydrogen-bond acceptors (Lipinski definition) is 4. The molecule has 1 aromatic heterocycles. The molecular formula is C9H13BrNO3P. The second kappa shape index (κ2) is 5.21. The third kappa shape index (κ3) is 3.38. The fraction of sp³-hybridized carbons (Fsp3) is 0.444. The van der Waals surface area contributed by atoms with Crippen LogP contribution in [0.4, 0.5) is 0 Å². The van der Waals surface area contributed by atoms with Crippen LogP contribution in [0.1, 0.15) is 18.5 Å². The summed E-state index contributed by atoms with van der Waals surface area (Å²) in [6.45, 7) is 3.44. The predicted molar refractivity (Wildman–Crippen MR) is 62.1 cm³/mol. The van der Waals surface area contributed by atoms with Crippen molar-refractivity contribution in [2.75, 3.05) is 13.3 Å². The van der Waals surface area contributed by atoms with E-state index >= 15 is 0 Å². The second-order valence-corrected chi connectivity index (χ2v) is 6.46. The van der Waals surface area contributed by atoms with Crippen molar-refractivity contribution in [1.82, 2.24) is 4.98 Å². The Balaban J connectivity index is 2.94. The van der Waals surface area contributed by atoms with E-state index in [4.69, 9.17) is 4.52 Å². The Hall–Kier alpha value is -0.220. The number of nitrogens with zero attached hydrogens (tertiary/aromatic N) is 1. The third-order valence-electron chi connectivity index (χ3n) is 1.83. The minimum atomic E-state index is -3.05. The fourth-order valence-corrected chi connectivity index (χ4v) is 2.77. The van der Waals surface area contributed by atoms with Gasteiger partial charge in [-0.05, 0) is 35.0 Å². The molecule has 6 heteroatoms. The quantitative estimate of drug-likeness (QED) is 0.685. The van der Waals surface area contributed by atoms with Gasteiger partial charge in [0.15, 0.2) is 5.85 Å². The molecule has 0 aromatic carbocycles. The molecule has 1 aromatic rings. The first-order valence-electron chi connectivity index (χ1n) is 4.49. The van der Waals surface area contributed by atoms with E-state index < -0.39 is 13.2 Å². The van der Waals surface area contributed by atoms with Gasteiger partial charge < -0.3 is 9.63 Å². The molecule has 2 atom stereocenters. The molecule has 0 radical (unpaired) electrons. The molecule has 1 rings (SSSR count). The third-order valence-corrected chi connectivity index (χ3v) is 4.20. The number of pyridine rings is 1. The molecule has 0 aliphatic carbocycles. The molecule has 1 N–H and O–H groups in total. The van der Waals surface area contributed by atoms with E-state index in [1.165, 1.54) is 6.66 Å². The van der Waals surface area contributed by atoms with Crippen molar-refractivity contribution in [3.63, 3.8) is 0 Å². The van der Waals surface area contributed by atoms with Crippen LogP contribution in [0.3, 0.4) is 0 Å². The summed E-state index contributed by atoms with van der Waals surface area (Å²) in [6.07, 6.45) is 0. The highest BCUT2D eigenvalue weighted by molar-refractivity contribution is 9.10. The molecule has 0 fully saturated rings. The molecule has 2 unspecified atom stereocenters. The van der Waals surface area contributed by atoms with Crippen molar-refractivity contribution >= 4 is 23.3 Å². The number of aromatic nitrogens is 1. The van der Waals surface area contributed by atoms with Crippen LogP contribution in [-0.4, -0.2) is 23.4 Å². The summed E-state index contributed by atoms with van der Waals surface area (Å²) in [5, 5.41) is 9.83. The van der Waals surface area contributed by atoms with Gasteiger partial charge in [-0.1, -0.05) is 6.07 Å². The number of aliphatic hydroxyl groups excluding tert-OH is 1. The maximum absolute atomic E-state index is 11.9. The maximum atomic E-state index is 11.9. The largest absolute Gasteiger partial charge is 0.377 e. The Morgan fingerprint density at radius 3 is 2.87 bits per heavy atom.